The van der Waals surface area contributed by atoms with Gasteiger partial charge in [0.15, 0.2) is 5.58 Å². The number of halogens is 1. The molecule has 4 rings (SSSR count). The highest BCUT2D eigenvalue weighted by molar-refractivity contribution is 6.41. The molecule has 3 heterocycles. The van der Waals surface area contributed by atoms with Gasteiger partial charge in [0, 0.05) is 16.8 Å². The first-order valence-corrected chi connectivity index (χ1v) is 7.15. The van der Waals surface area contributed by atoms with Crippen molar-refractivity contribution in [2.45, 2.75) is 13.8 Å². The Labute approximate surface area is 134 Å². The van der Waals surface area contributed by atoms with E-state index >= 15 is 0 Å². The molecule has 0 saturated heterocycles. The van der Waals surface area contributed by atoms with Crippen LogP contribution in [0.3, 0.4) is 0 Å². The Hall–Kier alpha value is -2.73. The van der Waals surface area contributed by atoms with Gasteiger partial charge in [-0.3, -0.25) is 0 Å². The van der Waals surface area contributed by atoms with Gasteiger partial charge >= 0.3 is 5.97 Å². The van der Waals surface area contributed by atoms with Crippen molar-refractivity contribution in [1.29, 1.82) is 0 Å². The number of nitrogens with zero attached hydrogens (tertiary/aromatic N) is 1. The summed E-state index contributed by atoms with van der Waals surface area (Å²) in [4.78, 5) is 11.0. The molecule has 6 nitrogen and oxygen atoms in total. The van der Waals surface area contributed by atoms with E-state index < -0.39 is 5.97 Å². The lowest BCUT2D eigenvalue weighted by Gasteiger charge is -2.02. The van der Waals surface area contributed by atoms with E-state index in [0.717, 1.165) is 0 Å². The van der Waals surface area contributed by atoms with Crippen molar-refractivity contribution < 1.29 is 23.3 Å². The zero-order valence-electron chi connectivity index (χ0n) is 12.1. The van der Waals surface area contributed by atoms with Gasteiger partial charge in [0.1, 0.15) is 22.8 Å². The molecule has 0 aliphatic rings. The third kappa shape index (κ3) is 1.95. The Kier molecular flexibility index (Phi) is 2.80. The van der Waals surface area contributed by atoms with Crippen LogP contribution in [0.15, 0.2) is 31.6 Å². The van der Waals surface area contributed by atoms with Crippen molar-refractivity contribution in [2.24, 2.45) is 0 Å². The first-order chi connectivity index (χ1) is 11.0. The lowest BCUT2D eigenvalue weighted by molar-refractivity contribution is 0.0652. The zero-order valence-corrected chi connectivity index (χ0v) is 12.9. The lowest BCUT2D eigenvalue weighted by atomic mass is 10.0. The van der Waals surface area contributed by atoms with Crippen LogP contribution in [0.25, 0.3) is 33.2 Å². The molecule has 0 atom stereocenters. The maximum Gasteiger partial charge on any atom is 0.374 e. The highest BCUT2D eigenvalue weighted by Gasteiger charge is 2.24. The Morgan fingerprint density at radius 3 is 2.39 bits per heavy atom. The number of carboxylic acid groups (broad SMARTS) is 1. The SMILES string of the molecule is Cc1cc2c(-c3cc(C(=O)O)on3)c3oc(C)cc3c(Cl)c2o1. The normalized spacial score (nSPS) is 11.6. The van der Waals surface area contributed by atoms with Gasteiger partial charge in [-0.1, -0.05) is 16.8 Å². The number of rotatable bonds is 2. The number of furan rings is 2. The number of hydrogen-bond acceptors (Lipinski definition) is 5. The number of carboxylic acids is 1. The van der Waals surface area contributed by atoms with E-state index in [9.17, 15) is 4.79 Å². The fraction of sp³-hybridized carbons (Fsp3) is 0.125. The molecule has 0 aliphatic heterocycles. The molecule has 0 aliphatic carbocycles. The second kappa shape index (κ2) is 4.63. The Balaban J connectivity index is 2.16. The van der Waals surface area contributed by atoms with E-state index in [1.807, 2.05) is 6.07 Å². The monoisotopic (exact) mass is 331 g/mol. The van der Waals surface area contributed by atoms with Crippen molar-refractivity contribution in [2.75, 3.05) is 0 Å². The van der Waals surface area contributed by atoms with Crippen molar-refractivity contribution in [3.8, 4) is 11.3 Å². The van der Waals surface area contributed by atoms with Gasteiger partial charge in [0.25, 0.3) is 0 Å². The van der Waals surface area contributed by atoms with Crippen LogP contribution in [0.4, 0.5) is 0 Å². The molecular weight excluding hydrogens is 322 g/mol. The first-order valence-electron chi connectivity index (χ1n) is 6.78. The minimum absolute atomic E-state index is 0.250. The molecule has 23 heavy (non-hydrogen) atoms. The molecule has 1 N–H and O–H groups in total. The molecule has 0 saturated carbocycles. The fourth-order valence-corrected chi connectivity index (χ4v) is 3.00. The van der Waals surface area contributed by atoms with Crippen LogP contribution in [0.2, 0.25) is 5.02 Å². The average Bonchev–Trinajstić information content (AvgIpc) is 3.17. The molecule has 0 fully saturated rings. The maximum atomic E-state index is 11.0. The molecule has 0 unspecified atom stereocenters. The van der Waals surface area contributed by atoms with Crippen LogP contribution in [0, 0.1) is 13.8 Å². The third-order valence-corrected chi connectivity index (χ3v) is 4.00. The summed E-state index contributed by atoms with van der Waals surface area (Å²) in [5.41, 5.74) is 1.98. The van der Waals surface area contributed by atoms with Crippen LogP contribution < -0.4 is 0 Å². The van der Waals surface area contributed by atoms with Crippen LogP contribution in [-0.2, 0) is 0 Å². The summed E-state index contributed by atoms with van der Waals surface area (Å²) in [5.74, 6) is -0.0899. The number of aromatic carboxylic acids is 1. The van der Waals surface area contributed by atoms with Crippen LogP contribution >= 0.6 is 11.6 Å². The number of fused-ring (bicyclic) bond motifs is 2. The number of hydrogen-bond donors (Lipinski definition) is 1. The molecule has 116 valence electrons. The van der Waals surface area contributed by atoms with Crippen molar-refractivity contribution in [1.82, 2.24) is 5.16 Å². The summed E-state index contributed by atoms with van der Waals surface area (Å²) in [6.45, 7) is 3.61. The predicted octanol–water partition coefficient (Wildman–Crippen LogP) is 4.80. The van der Waals surface area contributed by atoms with Crippen molar-refractivity contribution in [3.63, 3.8) is 0 Å². The topological polar surface area (TPSA) is 89.6 Å². The quantitative estimate of drug-likeness (QED) is 0.567. The summed E-state index contributed by atoms with van der Waals surface area (Å²) < 4.78 is 16.3. The van der Waals surface area contributed by atoms with Gasteiger partial charge in [-0.2, -0.15) is 0 Å². The van der Waals surface area contributed by atoms with Gasteiger partial charge in [0.05, 0.1) is 10.6 Å². The third-order valence-electron chi connectivity index (χ3n) is 3.62. The molecule has 0 amide bonds. The standard InChI is InChI=1S/C16H10ClNO5/c1-6-3-8-12(10-5-11(16(19)20)23-18-10)14-9(4-7(2)21-14)13(17)15(8)22-6/h3-5H,1-2H3,(H,19,20). The number of aryl methyl sites for hydroxylation is 2. The first kappa shape index (κ1) is 13.9. The largest absolute Gasteiger partial charge is 0.475 e. The van der Waals surface area contributed by atoms with Crippen molar-refractivity contribution >= 4 is 39.5 Å². The van der Waals surface area contributed by atoms with E-state index in [0.29, 0.717) is 49.7 Å². The smallest absolute Gasteiger partial charge is 0.374 e. The average molecular weight is 332 g/mol. The summed E-state index contributed by atoms with van der Waals surface area (Å²) in [6, 6.07) is 4.96. The molecule has 0 radical (unpaired) electrons. The minimum atomic E-state index is -1.19. The molecule has 3 aromatic heterocycles. The molecule has 7 heteroatoms. The van der Waals surface area contributed by atoms with Gasteiger partial charge in [-0.05, 0) is 26.0 Å². The summed E-state index contributed by atoms with van der Waals surface area (Å²) in [7, 11) is 0. The second-order valence-electron chi connectivity index (χ2n) is 5.27. The number of carbonyl (C=O) groups is 1. The zero-order chi connectivity index (χ0) is 16.3. The molecule has 1 aromatic carbocycles. The molecule has 0 spiro atoms. The van der Waals surface area contributed by atoms with Crippen LogP contribution in [-0.4, -0.2) is 16.2 Å². The fourth-order valence-electron chi connectivity index (χ4n) is 2.72. The molecule has 0 bridgehead atoms. The second-order valence-corrected chi connectivity index (χ2v) is 5.65. The van der Waals surface area contributed by atoms with E-state index in [-0.39, 0.29) is 5.76 Å². The highest BCUT2D eigenvalue weighted by Crippen LogP contribution is 2.43. The lowest BCUT2D eigenvalue weighted by Crippen LogP contribution is -1.91. The van der Waals surface area contributed by atoms with E-state index in [1.54, 1.807) is 19.9 Å². The molecule has 4 aromatic rings. The van der Waals surface area contributed by atoms with Crippen LogP contribution in [0.5, 0.6) is 0 Å². The minimum Gasteiger partial charge on any atom is -0.475 e. The van der Waals surface area contributed by atoms with E-state index in [1.165, 1.54) is 6.07 Å². The van der Waals surface area contributed by atoms with Gasteiger partial charge in [0.2, 0.25) is 5.76 Å². The molecular formula is C16H10ClNO5. The van der Waals surface area contributed by atoms with Gasteiger partial charge in [-0.15, -0.1) is 0 Å². The maximum absolute atomic E-state index is 11.0. The van der Waals surface area contributed by atoms with Gasteiger partial charge < -0.3 is 18.5 Å². The van der Waals surface area contributed by atoms with E-state index in [2.05, 4.69) is 5.16 Å². The number of aromatic nitrogens is 1. The summed E-state index contributed by atoms with van der Waals surface area (Å²) in [5, 5.41) is 14.7. The highest BCUT2D eigenvalue weighted by atomic mass is 35.5. The Morgan fingerprint density at radius 2 is 1.74 bits per heavy atom. The summed E-state index contributed by atoms with van der Waals surface area (Å²) in [6.07, 6.45) is 0. The van der Waals surface area contributed by atoms with Gasteiger partial charge in [-0.25, -0.2) is 4.79 Å². The van der Waals surface area contributed by atoms with Crippen molar-refractivity contribution in [3.05, 3.63) is 40.5 Å². The van der Waals surface area contributed by atoms with E-state index in [4.69, 9.17) is 30.1 Å². The van der Waals surface area contributed by atoms with Crippen LogP contribution in [0.1, 0.15) is 22.1 Å². The Morgan fingerprint density at radius 1 is 1.09 bits per heavy atom. The predicted molar refractivity (Wildman–Crippen MR) is 82.9 cm³/mol. The number of benzene rings is 1. The Bertz CT molecular complexity index is 1030. The summed E-state index contributed by atoms with van der Waals surface area (Å²) >= 11 is 6.42.